The van der Waals surface area contributed by atoms with Crippen LogP contribution >= 0.6 is 0 Å². The summed E-state index contributed by atoms with van der Waals surface area (Å²) < 4.78 is 4.05. The lowest BCUT2D eigenvalue weighted by atomic mass is 10.2. The van der Waals surface area contributed by atoms with Crippen molar-refractivity contribution in [1.29, 1.82) is 0 Å². The van der Waals surface area contributed by atoms with E-state index in [1.807, 2.05) is 12.1 Å². The number of nitrogens with one attached hydrogen (secondary N) is 1. The van der Waals surface area contributed by atoms with Crippen LogP contribution < -0.4 is 21.5 Å². The Hall–Kier alpha value is -3.69. The Labute approximate surface area is 177 Å². The topological polar surface area (TPSA) is 111 Å². The lowest BCUT2D eigenvalue weighted by Crippen LogP contribution is -2.37. The summed E-state index contributed by atoms with van der Waals surface area (Å²) in [6, 6.07) is 7.23. The van der Waals surface area contributed by atoms with E-state index in [0.29, 0.717) is 36.2 Å². The van der Waals surface area contributed by atoms with Crippen LogP contribution in [-0.4, -0.2) is 37.0 Å². The first-order chi connectivity index (χ1) is 14.9. The molecule has 3 aromatic rings. The standard InChI is InChI=1S/C21H24N6O4/c1-24-19-18(20(30)25(2)21(24)31)26(13-22-19)11-3-5-16(28)23-14-7-9-15(10-8-14)27-12-4-6-17(27)29/h7-10,13H,3-6,11-12H2,1-2H3,(H,23,28). The summed E-state index contributed by atoms with van der Waals surface area (Å²) in [5.41, 5.74) is 1.34. The molecule has 0 spiro atoms. The van der Waals surface area contributed by atoms with Gasteiger partial charge in [0.1, 0.15) is 0 Å². The van der Waals surface area contributed by atoms with E-state index in [-0.39, 0.29) is 18.2 Å². The highest BCUT2D eigenvalue weighted by molar-refractivity contribution is 5.96. The summed E-state index contributed by atoms with van der Waals surface area (Å²) >= 11 is 0. The molecular weight excluding hydrogens is 400 g/mol. The van der Waals surface area contributed by atoms with Crippen LogP contribution in [0.3, 0.4) is 0 Å². The molecule has 1 saturated heterocycles. The van der Waals surface area contributed by atoms with Gasteiger partial charge in [-0.3, -0.25) is 23.5 Å². The van der Waals surface area contributed by atoms with Gasteiger partial charge in [0.25, 0.3) is 5.56 Å². The van der Waals surface area contributed by atoms with Gasteiger partial charge in [-0.05, 0) is 37.1 Å². The highest BCUT2D eigenvalue weighted by atomic mass is 16.2. The molecule has 0 unspecified atom stereocenters. The summed E-state index contributed by atoms with van der Waals surface area (Å²) in [6.45, 7) is 1.15. The highest BCUT2D eigenvalue weighted by Crippen LogP contribution is 2.23. The van der Waals surface area contributed by atoms with Crippen LogP contribution in [0.5, 0.6) is 0 Å². The van der Waals surface area contributed by atoms with Crippen LogP contribution in [0.15, 0.2) is 40.2 Å². The van der Waals surface area contributed by atoms with Gasteiger partial charge in [0.05, 0.1) is 6.33 Å². The second kappa shape index (κ2) is 8.21. The Bertz CT molecular complexity index is 1270. The van der Waals surface area contributed by atoms with Gasteiger partial charge in [-0.2, -0.15) is 0 Å². The average Bonchev–Trinajstić information content (AvgIpc) is 3.38. The number of aryl methyl sites for hydroxylation is 2. The molecule has 0 aliphatic carbocycles. The molecule has 1 aliphatic heterocycles. The Kier molecular flexibility index (Phi) is 5.45. The molecular formula is C21H24N6O4. The Morgan fingerprint density at radius 2 is 1.84 bits per heavy atom. The Morgan fingerprint density at radius 1 is 1.10 bits per heavy atom. The van der Waals surface area contributed by atoms with Gasteiger partial charge in [0, 0.05) is 51.4 Å². The zero-order chi connectivity index (χ0) is 22.1. The third kappa shape index (κ3) is 3.88. The lowest BCUT2D eigenvalue weighted by molar-refractivity contribution is -0.117. The molecule has 162 valence electrons. The number of hydrogen-bond acceptors (Lipinski definition) is 5. The minimum absolute atomic E-state index is 0.124. The highest BCUT2D eigenvalue weighted by Gasteiger charge is 2.21. The number of rotatable bonds is 6. The van der Waals surface area contributed by atoms with E-state index in [1.54, 1.807) is 28.6 Å². The molecule has 0 atom stereocenters. The quantitative estimate of drug-likeness (QED) is 0.634. The number of hydrogen-bond donors (Lipinski definition) is 1. The van der Waals surface area contributed by atoms with Crippen molar-refractivity contribution in [3.63, 3.8) is 0 Å². The minimum Gasteiger partial charge on any atom is -0.326 e. The summed E-state index contributed by atoms with van der Waals surface area (Å²) in [5, 5.41) is 2.85. The average molecular weight is 424 g/mol. The maximum atomic E-state index is 12.4. The van der Waals surface area contributed by atoms with Crippen molar-refractivity contribution in [2.75, 3.05) is 16.8 Å². The molecule has 10 heteroatoms. The SMILES string of the molecule is Cn1c(=O)c2c(ncn2CCCC(=O)Nc2ccc(N3CCCC3=O)cc2)n(C)c1=O. The second-order valence-electron chi connectivity index (χ2n) is 7.66. The third-order valence-electron chi connectivity index (χ3n) is 5.56. The minimum atomic E-state index is -0.428. The molecule has 4 rings (SSSR count). The fraction of sp³-hybridized carbons (Fsp3) is 0.381. The number of aromatic nitrogens is 4. The summed E-state index contributed by atoms with van der Waals surface area (Å²) in [7, 11) is 3.00. The lowest BCUT2D eigenvalue weighted by Gasteiger charge is -2.16. The molecule has 2 aromatic heterocycles. The summed E-state index contributed by atoms with van der Waals surface area (Å²) in [4.78, 5) is 54.5. The van der Waals surface area contributed by atoms with E-state index < -0.39 is 11.2 Å². The van der Waals surface area contributed by atoms with E-state index in [2.05, 4.69) is 10.3 Å². The van der Waals surface area contributed by atoms with Crippen LogP contribution in [0.2, 0.25) is 0 Å². The van der Waals surface area contributed by atoms with Crippen molar-refractivity contribution in [3.05, 3.63) is 51.4 Å². The van der Waals surface area contributed by atoms with Crippen LogP contribution in [-0.2, 0) is 30.2 Å². The third-order valence-corrected chi connectivity index (χ3v) is 5.56. The number of anilines is 2. The number of carbonyl (C=O) groups excluding carboxylic acids is 2. The van der Waals surface area contributed by atoms with Crippen LogP contribution in [0, 0.1) is 0 Å². The zero-order valence-corrected chi connectivity index (χ0v) is 17.5. The second-order valence-corrected chi connectivity index (χ2v) is 7.66. The fourth-order valence-corrected chi connectivity index (χ4v) is 3.85. The van der Waals surface area contributed by atoms with E-state index in [1.165, 1.54) is 17.9 Å². The molecule has 0 saturated carbocycles. The van der Waals surface area contributed by atoms with Gasteiger partial charge in [-0.25, -0.2) is 9.78 Å². The van der Waals surface area contributed by atoms with Crippen LogP contribution in [0.4, 0.5) is 11.4 Å². The maximum Gasteiger partial charge on any atom is 0.332 e. The fourth-order valence-electron chi connectivity index (χ4n) is 3.85. The molecule has 1 fully saturated rings. The summed E-state index contributed by atoms with van der Waals surface area (Å²) in [5.74, 6) is -0.0200. The van der Waals surface area contributed by atoms with Crippen molar-refractivity contribution in [3.8, 4) is 0 Å². The van der Waals surface area contributed by atoms with Gasteiger partial charge in [-0.1, -0.05) is 0 Å². The van der Waals surface area contributed by atoms with Crippen molar-refractivity contribution in [2.45, 2.75) is 32.2 Å². The predicted molar refractivity (Wildman–Crippen MR) is 116 cm³/mol. The van der Waals surface area contributed by atoms with Crippen molar-refractivity contribution >= 4 is 34.4 Å². The van der Waals surface area contributed by atoms with Gasteiger partial charge >= 0.3 is 5.69 Å². The first kappa shape index (κ1) is 20.6. The van der Waals surface area contributed by atoms with Crippen molar-refractivity contribution in [1.82, 2.24) is 18.7 Å². The molecule has 1 aromatic carbocycles. The van der Waals surface area contributed by atoms with Gasteiger partial charge < -0.3 is 14.8 Å². The molecule has 1 N–H and O–H groups in total. The van der Waals surface area contributed by atoms with Crippen molar-refractivity contribution in [2.24, 2.45) is 14.1 Å². The van der Waals surface area contributed by atoms with Gasteiger partial charge in [-0.15, -0.1) is 0 Å². The number of nitrogens with zero attached hydrogens (tertiary/aromatic N) is 5. The van der Waals surface area contributed by atoms with E-state index in [4.69, 9.17) is 0 Å². The van der Waals surface area contributed by atoms with Gasteiger partial charge in [0.2, 0.25) is 11.8 Å². The largest absolute Gasteiger partial charge is 0.332 e. The normalized spacial score (nSPS) is 13.9. The summed E-state index contributed by atoms with van der Waals surface area (Å²) in [6.07, 6.45) is 3.72. The van der Waals surface area contributed by atoms with Gasteiger partial charge in [0.15, 0.2) is 11.2 Å². The number of fused-ring (bicyclic) bond motifs is 1. The zero-order valence-electron chi connectivity index (χ0n) is 17.5. The maximum absolute atomic E-state index is 12.4. The molecule has 0 bridgehead atoms. The molecule has 0 radical (unpaired) electrons. The predicted octanol–water partition coefficient (Wildman–Crippen LogP) is 0.979. The van der Waals surface area contributed by atoms with E-state index >= 15 is 0 Å². The number of imidazole rings is 1. The monoisotopic (exact) mass is 424 g/mol. The number of carbonyl (C=O) groups is 2. The smallest absolute Gasteiger partial charge is 0.326 e. The first-order valence-electron chi connectivity index (χ1n) is 10.2. The molecule has 31 heavy (non-hydrogen) atoms. The van der Waals surface area contributed by atoms with E-state index in [9.17, 15) is 19.2 Å². The molecule has 10 nitrogen and oxygen atoms in total. The molecule has 2 amide bonds. The van der Waals surface area contributed by atoms with Crippen LogP contribution in [0.25, 0.3) is 11.2 Å². The first-order valence-corrected chi connectivity index (χ1v) is 10.2. The number of amides is 2. The number of benzene rings is 1. The Balaban J connectivity index is 1.36. The Morgan fingerprint density at radius 3 is 2.52 bits per heavy atom. The van der Waals surface area contributed by atoms with E-state index in [0.717, 1.165) is 23.2 Å². The van der Waals surface area contributed by atoms with Crippen molar-refractivity contribution < 1.29 is 9.59 Å². The molecule has 3 heterocycles. The molecule has 1 aliphatic rings. The van der Waals surface area contributed by atoms with Crippen LogP contribution in [0.1, 0.15) is 25.7 Å².